The lowest BCUT2D eigenvalue weighted by Crippen LogP contribution is -2.42. The van der Waals surface area contributed by atoms with Crippen molar-refractivity contribution in [1.29, 1.82) is 0 Å². The Hall–Kier alpha value is -1.45. The van der Waals surface area contributed by atoms with Crippen molar-refractivity contribution >= 4 is 25.8 Å². The predicted molar refractivity (Wildman–Crippen MR) is 90.4 cm³/mol. The van der Waals surface area contributed by atoms with E-state index in [1.165, 1.54) is 12.1 Å². The third-order valence-corrected chi connectivity index (χ3v) is 7.08. The second-order valence-corrected chi connectivity index (χ2v) is 10.3. The van der Waals surface area contributed by atoms with Crippen LogP contribution in [-0.4, -0.2) is 34.2 Å². The van der Waals surface area contributed by atoms with Gasteiger partial charge in [0, 0.05) is 6.42 Å². The molecule has 0 bridgehead atoms. The average molecular weight is 374 g/mol. The molecule has 1 aliphatic heterocycles. The summed E-state index contributed by atoms with van der Waals surface area (Å²) in [5, 5.41) is 0. The van der Waals surface area contributed by atoms with Crippen molar-refractivity contribution in [1.82, 2.24) is 10.3 Å². The van der Waals surface area contributed by atoms with Crippen molar-refractivity contribution in [3.8, 4) is 0 Å². The number of sulfone groups is 1. The van der Waals surface area contributed by atoms with Gasteiger partial charge in [0.1, 0.15) is 0 Å². The van der Waals surface area contributed by atoms with Gasteiger partial charge in [-0.05, 0) is 36.0 Å². The van der Waals surface area contributed by atoms with E-state index in [0.717, 1.165) is 5.56 Å². The lowest BCUT2D eigenvalue weighted by molar-refractivity contribution is -0.122. The Bertz CT molecular complexity index is 799. The maximum absolute atomic E-state index is 12.1. The first kappa shape index (κ1) is 18.9. The van der Waals surface area contributed by atoms with Crippen LogP contribution in [-0.2, 0) is 24.7 Å². The topological polar surface area (TPSA) is 109 Å². The summed E-state index contributed by atoms with van der Waals surface area (Å²) in [5.41, 5.74) is 3.16. The molecular weight excluding hydrogens is 352 g/mol. The summed E-state index contributed by atoms with van der Waals surface area (Å²) in [6.45, 7) is 4.01. The van der Waals surface area contributed by atoms with Gasteiger partial charge in [-0.25, -0.2) is 16.8 Å². The molecule has 2 rings (SSSR count). The van der Waals surface area contributed by atoms with E-state index in [9.17, 15) is 21.6 Å². The molecule has 1 aromatic carbocycles. The van der Waals surface area contributed by atoms with Gasteiger partial charge in [0.2, 0.25) is 5.91 Å². The molecule has 0 saturated carbocycles. The van der Waals surface area contributed by atoms with Gasteiger partial charge in [0.05, 0.1) is 16.4 Å². The first-order chi connectivity index (χ1) is 11.1. The van der Waals surface area contributed by atoms with Gasteiger partial charge in [0.25, 0.3) is 10.0 Å². The van der Waals surface area contributed by atoms with E-state index < -0.39 is 25.8 Å². The molecular formula is C15H22N2O5S2. The molecule has 1 aromatic rings. The van der Waals surface area contributed by atoms with Crippen LogP contribution in [0.15, 0.2) is 29.2 Å². The number of rotatable bonds is 6. The second kappa shape index (κ2) is 7.20. The largest absolute Gasteiger partial charge is 0.278 e. The number of hydrazine groups is 1. The van der Waals surface area contributed by atoms with Crippen molar-refractivity contribution in [3.05, 3.63) is 29.8 Å². The maximum Gasteiger partial charge on any atom is 0.257 e. The summed E-state index contributed by atoms with van der Waals surface area (Å²) in [6, 6.07) is 6.41. The minimum atomic E-state index is -3.85. The number of benzene rings is 1. The number of carbonyl (C=O) groups is 1. The van der Waals surface area contributed by atoms with Crippen LogP contribution in [0.1, 0.15) is 38.2 Å². The van der Waals surface area contributed by atoms with Gasteiger partial charge in [0.15, 0.2) is 9.84 Å². The molecule has 1 fully saturated rings. The normalized spacial score (nSPS) is 20.2. The number of sulfonamides is 1. The molecule has 2 N–H and O–H groups in total. The van der Waals surface area contributed by atoms with Crippen LogP contribution in [0.5, 0.6) is 0 Å². The number of hydrogen-bond acceptors (Lipinski definition) is 5. The molecule has 0 aromatic heterocycles. The van der Waals surface area contributed by atoms with E-state index in [2.05, 4.69) is 5.43 Å². The molecule has 134 valence electrons. The molecule has 1 atom stereocenters. The zero-order chi connectivity index (χ0) is 18.0. The number of nitrogens with one attached hydrogen (secondary N) is 2. The van der Waals surface area contributed by atoms with Crippen LogP contribution in [0.4, 0.5) is 0 Å². The van der Waals surface area contributed by atoms with Gasteiger partial charge in [-0.1, -0.05) is 26.0 Å². The number of amides is 1. The molecule has 0 aliphatic carbocycles. The summed E-state index contributed by atoms with van der Waals surface area (Å²) in [5.74, 6) is -0.454. The smallest absolute Gasteiger partial charge is 0.257 e. The minimum Gasteiger partial charge on any atom is -0.278 e. The summed E-state index contributed by atoms with van der Waals surface area (Å²) in [7, 11) is -6.91. The Morgan fingerprint density at radius 2 is 1.88 bits per heavy atom. The molecule has 0 unspecified atom stereocenters. The molecule has 1 aliphatic rings. The van der Waals surface area contributed by atoms with E-state index in [-0.39, 0.29) is 34.7 Å². The molecule has 24 heavy (non-hydrogen) atoms. The fourth-order valence-corrected chi connectivity index (χ4v) is 5.28. The first-order valence-electron chi connectivity index (χ1n) is 7.70. The fourth-order valence-electron chi connectivity index (χ4n) is 2.56. The average Bonchev–Trinajstić information content (AvgIpc) is 2.84. The van der Waals surface area contributed by atoms with Crippen LogP contribution >= 0.6 is 0 Å². The monoisotopic (exact) mass is 374 g/mol. The quantitative estimate of drug-likeness (QED) is 0.720. The van der Waals surface area contributed by atoms with Gasteiger partial charge in [-0.2, -0.15) is 0 Å². The van der Waals surface area contributed by atoms with Crippen LogP contribution in [0, 0.1) is 5.92 Å². The van der Waals surface area contributed by atoms with Crippen LogP contribution < -0.4 is 10.3 Å². The lowest BCUT2D eigenvalue weighted by Gasteiger charge is -2.11. The maximum atomic E-state index is 12.1. The molecule has 0 spiro atoms. The standard InChI is InChI=1S/C15H22N2O5S2/c1-11(2)13-3-5-14(6-4-13)24(21,22)17-16-15(18)9-12-7-8-23(19,20)10-12/h3-6,11-12,17H,7-10H2,1-2H3,(H,16,18)/t12-/m0/s1. The molecule has 1 saturated heterocycles. The number of hydrogen-bond donors (Lipinski definition) is 2. The van der Waals surface area contributed by atoms with Crippen molar-refractivity contribution in [2.24, 2.45) is 5.92 Å². The minimum absolute atomic E-state index is 0.0198. The Morgan fingerprint density at radius 3 is 2.38 bits per heavy atom. The highest BCUT2D eigenvalue weighted by molar-refractivity contribution is 7.91. The van der Waals surface area contributed by atoms with E-state index >= 15 is 0 Å². The van der Waals surface area contributed by atoms with Crippen molar-refractivity contribution in [2.75, 3.05) is 11.5 Å². The molecule has 7 nitrogen and oxygen atoms in total. The summed E-state index contributed by atoms with van der Waals surface area (Å²) < 4.78 is 47.0. The third kappa shape index (κ3) is 5.02. The van der Waals surface area contributed by atoms with Gasteiger partial charge < -0.3 is 0 Å². The Morgan fingerprint density at radius 1 is 1.25 bits per heavy atom. The van der Waals surface area contributed by atoms with E-state index in [4.69, 9.17) is 0 Å². The number of carbonyl (C=O) groups excluding carboxylic acids is 1. The Labute approximate surface area is 142 Å². The molecule has 0 radical (unpaired) electrons. The van der Waals surface area contributed by atoms with Crippen LogP contribution in [0.2, 0.25) is 0 Å². The zero-order valence-corrected chi connectivity index (χ0v) is 15.3. The van der Waals surface area contributed by atoms with Gasteiger partial charge >= 0.3 is 0 Å². The Balaban J connectivity index is 1.91. The van der Waals surface area contributed by atoms with Crippen LogP contribution in [0.25, 0.3) is 0 Å². The molecule has 1 amide bonds. The summed E-state index contributed by atoms with van der Waals surface area (Å²) in [4.78, 5) is 13.9. The predicted octanol–water partition coefficient (Wildman–Crippen LogP) is 0.944. The zero-order valence-electron chi connectivity index (χ0n) is 13.7. The van der Waals surface area contributed by atoms with Gasteiger partial charge in [-0.3, -0.25) is 10.2 Å². The molecule has 9 heteroatoms. The van der Waals surface area contributed by atoms with Crippen molar-refractivity contribution in [2.45, 2.75) is 37.5 Å². The highest BCUT2D eigenvalue weighted by atomic mass is 32.2. The third-order valence-electron chi connectivity index (χ3n) is 3.98. The highest BCUT2D eigenvalue weighted by Crippen LogP contribution is 2.21. The fraction of sp³-hybridized carbons (Fsp3) is 0.533. The van der Waals surface area contributed by atoms with Crippen LogP contribution in [0.3, 0.4) is 0 Å². The van der Waals surface area contributed by atoms with Gasteiger partial charge in [-0.15, -0.1) is 4.83 Å². The second-order valence-electron chi connectivity index (χ2n) is 6.35. The molecule has 1 heterocycles. The van der Waals surface area contributed by atoms with E-state index in [0.29, 0.717) is 6.42 Å². The SMILES string of the molecule is CC(C)c1ccc(S(=O)(=O)NNC(=O)C[C@@H]2CCS(=O)(=O)C2)cc1. The van der Waals surface area contributed by atoms with Crippen molar-refractivity contribution < 1.29 is 21.6 Å². The highest BCUT2D eigenvalue weighted by Gasteiger charge is 2.29. The van der Waals surface area contributed by atoms with E-state index in [1.54, 1.807) is 12.1 Å². The summed E-state index contributed by atoms with van der Waals surface area (Å²) in [6.07, 6.45) is 0.410. The first-order valence-corrected chi connectivity index (χ1v) is 11.0. The van der Waals surface area contributed by atoms with E-state index in [1.807, 2.05) is 18.7 Å². The lowest BCUT2D eigenvalue weighted by atomic mass is 10.0. The summed E-state index contributed by atoms with van der Waals surface area (Å²) >= 11 is 0. The Kier molecular flexibility index (Phi) is 5.67. The van der Waals surface area contributed by atoms with Crippen molar-refractivity contribution in [3.63, 3.8) is 0 Å².